The highest BCUT2D eigenvalue weighted by Gasteiger charge is 2.25. The molecule has 4 aromatic rings. The monoisotopic (exact) mass is 495 g/mol. The minimum atomic E-state index is -0.221. The first-order valence-electron chi connectivity index (χ1n) is 12.7. The van der Waals surface area contributed by atoms with Crippen molar-refractivity contribution >= 4 is 11.5 Å². The van der Waals surface area contributed by atoms with Crippen LogP contribution in [-0.4, -0.2) is 28.5 Å². The van der Waals surface area contributed by atoms with Crippen LogP contribution >= 0.6 is 0 Å². The summed E-state index contributed by atoms with van der Waals surface area (Å²) in [7, 11) is 0. The highest BCUT2D eigenvalue weighted by Crippen LogP contribution is 2.36. The zero-order chi connectivity index (χ0) is 25.0. The topological polar surface area (TPSA) is 74.6 Å². The quantitative estimate of drug-likeness (QED) is 0.343. The molecule has 1 atom stereocenters. The van der Waals surface area contributed by atoms with Gasteiger partial charge in [-0.2, -0.15) is 0 Å². The average molecular weight is 496 g/mol. The number of imidazole rings is 1. The molecule has 2 heterocycles. The minimum Gasteiger partial charge on any atom is -0.486 e. The second-order valence-electron chi connectivity index (χ2n) is 9.33. The van der Waals surface area contributed by atoms with Gasteiger partial charge in [0.2, 0.25) is 0 Å². The molecule has 7 nitrogen and oxygen atoms in total. The van der Waals surface area contributed by atoms with E-state index in [2.05, 4.69) is 22.4 Å². The number of carbonyl (C=O) groups is 1. The zero-order valence-electron chi connectivity index (χ0n) is 20.6. The van der Waals surface area contributed by atoms with Crippen molar-refractivity contribution in [3.63, 3.8) is 0 Å². The molecule has 37 heavy (non-hydrogen) atoms. The third-order valence-corrected chi connectivity index (χ3v) is 6.91. The van der Waals surface area contributed by atoms with E-state index >= 15 is 0 Å². The molecule has 0 fully saturated rings. The van der Waals surface area contributed by atoms with Crippen molar-refractivity contribution in [1.82, 2.24) is 9.55 Å². The Morgan fingerprint density at radius 2 is 1.86 bits per heavy atom. The Hall–Kier alpha value is -4.26. The molecule has 1 aliphatic carbocycles. The summed E-state index contributed by atoms with van der Waals surface area (Å²) in [4.78, 5) is 16.9. The molecule has 6 rings (SSSR count). The Kier molecular flexibility index (Phi) is 6.50. The number of aromatic nitrogens is 2. The molecule has 0 saturated carbocycles. The lowest BCUT2D eigenvalue weighted by atomic mass is 9.86. The van der Waals surface area contributed by atoms with Crippen LogP contribution in [0.25, 0.3) is 0 Å². The van der Waals surface area contributed by atoms with Gasteiger partial charge in [0.25, 0.3) is 0 Å². The van der Waals surface area contributed by atoms with E-state index < -0.39 is 0 Å². The lowest BCUT2D eigenvalue weighted by Gasteiger charge is -2.26. The fourth-order valence-corrected chi connectivity index (χ4v) is 5.04. The Bertz CT molecular complexity index is 1390. The molecule has 1 aliphatic heterocycles. The van der Waals surface area contributed by atoms with E-state index in [-0.39, 0.29) is 11.9 Å². The molecular weight excluding hydrogens is 466 g/mol. The van der Waals surface area contributed by atoms with Crippen LogP contribution in [0, 0.1) is 0 Å². The molecule has 0 unspecified atom stereocenters. The molecule has 0 radical (unpaired) electrons. The molecule has 0 amide bonds. The van der Waals surface area contributed by atoms with E-state index in [0.717, 1.165) is 58.0 Å². The second-order valence-corrected chi connectivity index (χ2v) is 9.33. The van der Waals surface area contributed by atoms with E-state index in [1.54, 1.807) is 12.5 Å². The SMILES string of the molecule is O=C1CCCc2c1ccc(O[C@H](Cn1ccnc1)c1ccccc1)c2CNc1ccc2c(c1)OCCO2. The molecular formula is C30H29N3O4. The van der Waals surface area contributed by atoms with Crippen molar-refractivity contribution in [1.29, 1.82) is 0 Å². The summed E-state index contributed by atoms with van der Waals surface area (Å²) in [6.45, 7) is 2.25. The highest BCUT2D eigenvalue weighted by molar-refractivity contribution is 5.99. The standard InChI is InChI=1S/C30H29N3O4/c34-26-8-4-7-23-24(26)10-12-27(25(23)18-32-22-9-11-28-29(17-22)36-16-15-35-28)37-30(19-33-14-13-31-20-33)21-5-2-1-3-6-21/h1-3,5-6,9-14,17,20,30,32H,4,7-8,15-16,18-19H2/t30-/m1/s1. The lowest BCUT2D eigenvalue weighted by molar-refractivity contribution is 0.0972. The predicted molar refractivity (Wildman–Crippen MR) is 141 cm³/mol. The lowest BCUT2D eigenvalue weighted by Crippen LogP contribution is -2.19. The van der Waals surface area contributed by atoms with Crippen LogP contribution in [0.5, 0.6) is 17.2 Å². The molecule has 0 bridgehead atoms. The van der Waals surface area contributed by atoms with Crippen LogP contribution in [0.1, 0.15) is 46.0 Å². The first-order valence-corrected chi connectivity index (χ1v) is 12.7. The maximum absolute atomic E-state index is 12.7. The van der Waals surface area contributed by atoms with Crippen molar-refractivity contribution in [3.8, 4) is 17.2 Å². The number of ether oxygens (including phenoxy) is 3. The van der Waals surface area contributed by atoms with Gasteiger partial charge >= 0.3 is 0 Å². The van der Waals surface area contributed by atoms with Crippen molar-refractivity contribution in [2.45, 2.75) is 38.5 Å². The number of carbonyl (C=O) groups excluding carboxylic acids is 1. The van der Waals surface area contributed by atoms with Crippen molar-refractivity contribution in [2.75, 3.05) is 18.5 Å². The van der Waals surface area contributed by atoms with Gasteiger partial charge in [-0.25, -0.2) is 4.98 Å². The number of nitrogens with zero attached hydrogens (tertiary/aromatic N) is 2. The molecule has 0 spiro atoms. The number of fused-ring (bicyclic) bond motifs is 2. The van der Waals surface area contributed by atoms with Gasteiger partial charge in [0, 0.05) is 48.2 Å². The van der Waals surface area contributed by atoms with Gasteiger partial charge in [0.1, 0.15) is 25.1 Å². The Morgan fingerprint density at radius 3 is 2.70 bits per heavy atom. The Balaban J connectivity index is 1.33. The van der Waals surface area contributed by atoms with Gasteiger partial charge in [-0.1, -0.05) is 30.3 Å². The van der Waals surface area contributed by atoms with Crippen LogP contribution < -0.4 is 19.5 Å². The maximum atomic E-state index is 12.7. The van der Waals surface area contributed by atoms with Crippen LogP contribution in [0.2, 0.25) is 0 Å². The molecule has 188 valence electrons. The summed E-state index contributed by atoms with van der Waals surface area (Å²) in [5.41, 5.74) is 4.91. The summed E-state index contributed by atoms with van der Waals surface area (Å²) >= 11 is 0. The van der Waals surface area contributed by atoms with Crippen LogP contribution in [0.4, 0.5) is 5.69 Å². The smallest absolute Gasteiger partial charge is 0.163 e. The van der Waals surface area contributed by atoms with Gasteiger partial charge in [0.05, 0.1) is 12.9 Å². The number of hydrogen-bond acceptors (Lipinski definition) is 6. The van der Waals surface area contributed by atoms with E-state index in [1.165, 1.54) is 0 Å². The van der Waals surface area contributed by atoms with Crippen molar-refractivity contribution in [3.05, 3.63) is 102 Å². The van der Waals surface area contributed by atoms with Gasteiger partial charge in [-0.15, -0.1) is 0 Å². The largest absolute Gasteiger partial charge is 0.486 e. The van der Waals surface area contributed by atoms with E-state index in [0.29, 0.717) is 32.7 Å². The summed E-state index contributed by atoms with van der Waals surface area (Å²) in [5.74, 6) is 2.48. The number of hydrogen-bond donors (Lipinski definition) is 1. The fraction of sp³-hybridized carbons (Fsp3) is 0.267. The molecule has 3 aromatic carbocycles. The molecule has 7 heteroatoms. The van der Waals surface area contributed by atoms with Crippen LogP contribution in [0.3, 0.4) is 0 Å². The molecule has 1 aromatic heterocycles. The normalized spacial score (nSPS) is 15.1. The van der Waals surface area contributed by atoms with E-state index in [9.17, 15) is 4.79 Å². The van der Waals surface area contributed by atoms with Crippen molar-refractivity contribution in [2.24, 2.45) is 0 Å². The fourth-order valence-electron chi connectivity index (χ4n) is 5.04. The number of Topliss-reactive ketones (excluding diaryl/α,β-unsaturated/α-hetero) is 1. The average Bonchev–Trinajstić information content (AvgIpc) is 3.46. The summed E-state index contributed by atoms with van der Waals surface area (Å²) in [6.07, 6.45) is 7.59. The zero-order valence-corrected chi connectivity index (χ0v) is 20.6. The van der Waals surface area contributed by atoms with Gasteiger partial charge in [-0.05, 0) is 48.2 Å². The first-order chi connectivity index (χ1) is 18.2. The molecule has 2 aliphatic rings. The highest BCUT2D eigenvalue weighted by atomic mass is 16.6. The Morgan fingerprint density at radius 1 is 1.00 bits per heavy atom. The van der Waals surface area contributed by atoms with Gasteiger partial charge < -0.3 is 24.1 Å². The number of nitrogens with one attached hydrogen (secondary N) is 1. The first kappa shape index (κ1) is 23.2. The van der Waals surface area contributed by atoms with Gasteiger partial charge in [-0.3, -0.25) is 4.79 Å². The maximum Gasteiger partial charge on any atom is 0.163 e. The van der Waals surface area contributed by atoms with Gasteiger partial charge in [0.15, 0.2) is 17.3 Å². The molecule has 1 N–H and O–H groups in total. The predicted octanol–water partition coefficient (Wildman–Crippen LogP) is 5.61. The summed E-state index contributed by atoms with van der Waals surface area (Å²) in [6, 6.07) is 20.0. The second kappa shape index (κ2) is 10.4. The van der Waals surface area contributed by atoms with E-state index in [1.807, 2.05) is 59.3 Å². The Labute approximate surface area is 216 Å². The third kappa shape index (κ3) is 5.03. The third-order valence-electron chi connectivity index (χ3n) is 6.91. The summed E-state index contributed by atoms with van der Waals surface area (Å²) < 4.78 is 20.2. The number of rotatable bonds is 8. The van der Waals surface area contributed by atoms with Crippen LogP contribution in [-0.2, 0) is 19.5 Å². The van der Waals surface area contributed by atoms with Crippen molar-refractivity contribution < 1.29 is 19.0 Å². The number of benzene rings is 3. The van der Waals surface area contributed by atoms with E-state index in [4.69, 9.17) is 14.2 Å². The number of anilines is 1. The van der Waals surface area contributed by atoms with Crippen LogP contribution in [0.15, 0.2) is 79.4 Å². The summed E-state index contributed by atoms with van der Waals surface area (Å²) in [5, 5.41) is 3.53. The minimum absolute atomic E-state index is 0.200. The molecule has 0 saturated heterocycles. The number of ketones is 1.